The fraction of sp³-hybridized carbons (Fsp3) is 0.444. The summed E-state index contributed by atoms with van der Waals surface area (Å²) in [7, 11) is 0. The van der Waals surface area contributed by atoms with Crippen LogP contribution < -0.4 is 4.90 Å². The lowest BCUT2D eigenvalue weighted by atomic mass is 10.2. The lowest BCUT2D eigenvalue weighted by Gasteiger charge is -2.24. The van der Waals surface area contributed by atoms with Gasteiger partial charge in [-0.2, -0.15) is 0 Å². The Morgan fingerprint density at radius 3 is 2.32 bits per heavy atom. The Hall–Kier alpha value is -2.70. The minimum Gasteiger partial charge on any atom is -0.311 e. The molecule has 0 atom stereocenters. The third kappa shape index (κ3) is 3.14. The fourth-order valence-electron chi connectivity index (χ4n) is 3.48. The molecule has 1 saturated carbocycles. The van der Waals surface area contributed by atoms with Crippen LogP contribution in [0.4, 0.5) is 10.5 Å². The largest absolute Gasteiger partial charge is 0.334 e. The number of carbonyl (C=O) groups excluding carboxylic acids is 4. The quantitative estimate of drug-likeness (QED) is 0.603. The zero-order chi connectivity index (χ0) is 18.0. The van der Waals surface area contributed by atoms with Gasteiger partial charge in [0.1, 0.15) is 6.54 Å². The van der Waals surface area contributed by atoms with E-state index in [4.69, 9.17) is 0 Å². The Kier molecular flexibility index (Phi) is 4.83. The second kappa shape index (κ2) is 7.04. The Morgan fingerprint density at radius 2 is 1.72 bits per heavy atom. The highest BCUT2D eigenvalue weighted by Gasteiger charge is 2.48. The number of hydrogen-bond donors (Lipinski definition) is 0. The number of carbonyl (C=O) groups is 4. The van der Waals surface area contributed by atoms with Crippen molar-refractivity contribution in [1.29, 1.82) is 0 Å². The summed E-state index contributed by atoms with van der Waals surface area (Å²) >= 11 is 0. The van der Waals surface area contributed by atoms with Gasteiger partial charge in [-0.05, 0) is 31.9 Å². The molecule has 25 heavy (non-hydrogen) atoms. The Labute approximate surface area is 146 Å². The molecule has 0 aromatic heterocycles. The SMILES string of the molecule is CCN(C(=O)CN1C(=O)C(=O)N(C2CCCC2)C1=O)c1ccccc1. The summed E-state index contributed by atoms with van der Waals surface area (Å²) in [6.45, 7) is 1.79. The predicted octanol–water partition coefficient (Wildman–Crippen LogP) is 1.77. The topological polar surface area (TPSA) is 78.0 Å². The number of rotatable bonds is 5. The van der Waals surface area contributed by atoms with Gasteiger partial charge >= 0.3 is 17.8 Å². The van der Waals surface area contributed by atoms with Crippen LogP contribution in [0.3, 0.4) is 0 Å². The van der Waals surface area contributed by atoms with Gasteiger partial charge in [-0.25, -0.2) is 9.69 Å². The van der Waals surface area contributed by atoms with Gasteiger partial charge in [0.15, 0.2) is 0 Å². The van der Waals surface area contributed by atoms with Crippen LogP contribution in [0, 0.1) is 0 Å². The van der Waals surface area contributed by atoms with E-state index in [-0.39, 0.29) is 6.04 Å². The van der Waals surface area contributed by atoms with E-state index < -0.39 is 30.3 Å². The minimum atomic E-state index is -0.908. The number of amides is 5. The molecule has 7 nitrogen and oxygen atoms in total. The van der Waals surface area contributed by atoms with Crippen LogP contribution in [0.15, 0.2) is 30.3 Å². The summed E-state index contributed by atoms with van der Waals surface area (Å²) < 4.78 is 0. The summed E-state index contributed by atoms with van der Waals surface area (Å²) in [5.41, 5.74) is 0.688. The molecule has 3 rings (SSSR count). The predicted molar refractivity (Wildman–Crippen MR) is 90.7 cm³/mol. The van der Waals surface area contributed by atoms with E-state index in [2.05, 4.69) is 0 Å². The van der Waals surface area contributed by atoms with Crippen molar-refractivity contribution in [3.05, 3.63) is 30.3 Å². The van der Waals surface area contributed by atoms with E-state index in [1.807, 2.05) is 25.1 Å². The minimum absolute atomic E-state index is 0.222. The lowest BCUT2D eigenvalue weighted by molar-refractivity contribution is -0.144. The van der Waals surface area contributed by atoms with E-state index in [1.54, 1.807) is 12.1 Å². The average molecular weight is 343 g/mol. The van der Waals surface area contributed by atoms with Crippen molar-refractivity contribution in [2.75, 3.05) is 18.0 Å². The van der Waals surface area contributed by atoms with Gasteiger partial charge in [-0.15, -0.1) is 0 Å². The maximum Gasteiger partial charge on any atom is 0.334 e. The van der Waals surface area contributed by atoms with Gasteiger partial charge in [0.05, 0.1) is 0 Å². The van der Waals surface area contributed by atoms with Crippen molar-refractivity contribution in [2.45, 2.75) is 38.6 Å². The van der Waals surface area contributed by atoms with Gasteiger partial charge in [0, 0.05) is 18.3 Å². The van der Waals surface area contributed by atoms with Gasteiger partial charge in [0.25, 0.3) is 0 Å². The highest BCUT2D eigenvalue weighted by Crippen LogP contribution is 2.27. The molecule has 0 spiro atoms. The van der Waals surface area contributed by atoms with Crippen LogP contribution in [-0.2, 0) is 14.4 Å². The maximum atomic E-state index is 12.6. The number of benzene rings is 1. The summed E-state index contributed by atoms with van der Waals surface area (Å²) in [6.07, 6.45) is 3.31. The van der Waals surface area contributed by atoms with Gasteiger partial charge in [-0.1, -0.05) is 31.0 Å². The highest BCUT2D eigenvalue weighted by atomic mass is 16.2. The number of urea groups is 1. The number of likely N-dealkylation sites (N-methyl/N-ethyl adjacent to an activating group) is 1. The van der Waals surface area contributed by atoms with Crippen molar-refractivity contribution < 1.29 is 19.2 Å². The first-order chi connectivity index (χ1) is 12.0. The molecule has 1 saturated heterocycles. The van der Waals surface area contributed by atoms with Crippen LogP contribution in [0.25, 0.3) is 0 Å². The highest BCUT2D eigenvalue weighted by molar-refractivity contribution is 6.45. The molecule has 1 aromatic carbocycles. The average Bonchev–Trinajstić information content (AvgIpc) is 3.20. The van der Waals surface area contributed by atoms with Crippen molar-refractivity contribution in [3.63, 3.8) is 0 Å². The van der Waals surface area contributed by atoms with Crippen molar-refractivity contribution in [3.8, 4) is 0 Å². The van der Waals surface area contributed by atoms with Crippen molar-refractivity contribution >= 4 is 29.4 Å². The fourth-order valence-corrected chi connectivity index (χ4v) is 3.48. The molecule has 0 N–H and O–H groups in total. The molecular weight excluding hydrogens is 322 g/mol. The molecule has 1 aliphatic carbocycles. The van der Waals surface area contributed by atoms with E-state index in [0.717, 1.165) is 35.5 Å². The number of hydrogen-bond acceptors (Lipinski definition) is 4. The molecule has 2 fully saturated rings. The molecule has 0 radical (unpaired) electrons. The summed E-state index contributed by atoms with van der Waals surface area (Å²) in [4.78, 5) is 52.8. The zero-order valence-electron chi connectivity index (χ0n) is 14.2. The Bertz CT molecular complexity index is 698. The molecule has 1 heterocycles. The van der Waals surface area contributed by atoms with Gasteiger partial charge in [0.2, 0.25) is 5.91 Å². The molecular formula is C18H21N3O4. The first kappa shape index (κ1) is 17.1. The Morgan fingerprint density at radius 1 is 1.08 bits per heavy atom. The van der Waals surface area contributed by atoms with E-state index in [1.165, 1.54) is 4.90 Å². The Balaban J connectivity index is 1.75. The lowest BCUT2D eigenvalue weighted by Crippen LogP contribution is -2.44. The number of nitrogens with zero attached hydrogens (tertiary/aromatic N) is 3. The molecule has 7 heteroatoms. The van der Waals surface area contributed by atoms with Crippen molar-refractivity contribution in [2.24, 2.45) is 0 Å². The second-order valence-electron chi connectivity index (χ2n) is 6.26. The molecule has 1 aromatic rings. The standard InChI is InChI=1S/C18H21N3O4/c1-2-19(13-8-4-3-5-9-13)15(22)12-20-16(23)17(24)21(18(20)25)14-10-6-7-11-14/h3-5,8-9,14H,2,6-7,10-12H2,1H3. The molecule has 132 valence electrons. The second-order valence-corrected chi connectivity index (χ2v) is 6.26. The monoisotopic (exact) mass is 343 g/mol. The summed E-state index contributed by atoms with van der Waals surface area (Å²) in [5.74, 6) is -2.11. The van der Waals surface area contributed by atoms with E-state index >= 15 is 0 Å². The third-order valence-electron chi connectivity index (χ3n) is 4.75. The normalized spacial score (nSPS) is 18.4. The third-order valence-corrected chi connectivity index (χ3v) is 4.75. The molecule has 2 aliphatic rings. The first-order valence-corrected chi connectivity index (χ1v) is 8.59. The number of imide groups is 2. The number of anilines is 1. The molecule has 0 bridgehead atoms. The molecule has 0 unspecified atom stereocenters. The van der Waals surface area contributed by atoms with Crippen LogP contribution in [0.5, 0.6) is 0 Å². The van der Waals surface area contributed by atoms with Crippen LogP contribution in [0.2, 0.25) is 0 Å². The van der Waals surface area contributed by atoms with Crippen LogP contribution in [0.1, 0.15) is 32.6 Å². The smallest absolute Gasteiger partial charge is 0.311 e. The van der Waals surface area contributed by atoms with Crippen LogP contribution >= 0.6 is 0 Å². The zero-order valence-corrected chi connectivity index (χ0v) is 14.2. The van der Waals surface area contributed by atoms with Gasteiger partial charge < -0.3 is 4.90 Å². The summed E-state index contributed by atoms with van der Waals surface area (Å²) in [6, 6.07) is 8.13. The van der Waals surface area contributed by atoms with Gasteiger partial charge in [-0.3, -0.25) is 19.3 Å². The van der Waals surface area contributed by atoms with Crippen LogP contribution in [-0.4, -0.2) is 52.7 Å². The first-order valence-electron chi connectivity index (χ1n) is 8.59. The van der Waals surface area contributed by atoms with E-state index in [0.29, 0.717) is 12.2 Å². The van der Waals surface area contributed by atoms with E-state index in [9.17, 15) is 19.2 Å². The maximum absolute atomic E-state index is 12.6. The summed E-state index contributed by atoms with van der Waals surface area (Å²) in [5, 5.41) is 0. The number of para-hydroxylation sites is 1. The molecule has 5 amide bonds. The molecule has 1 aliphatic heterocycles. The van der Waals surface area contributed by atoms with Crippen molar-refractivity contribution in [1.82, 2.24) is 9.80 Å².